The lowest BCUT2D eigenvalue weighted by Gasteiger charge is -2.16. The van der Waals surface area contributed by atoms with E-state index < -0.39 is 10.2 Å². The molecule has 1 aromatic heterocycles. The van der Waals surface area contributed by atoms with Crippen molar-refractivity contribution in [3.8, 4) is 0 Å². The molecular weight excluding hydrogens is 400 g/mol. The minimum atomic E-state index is -0.646. The van der Waals surface area contributed by atoms with E-state index in [2.05, 4.69) is 15.3 Å². The number of anilines is 1. The second-order valence-corrected chi connectivity index (χ2v) is 7.83. The largest absolute Gasteiger partial charge is 0.333 e. The molecule has 0 radical (unpaired) electrons. The van der Waals surface area contributed by atoms with Crippen LogP contribution in [-0.2, 0) is 4.79 Å². The predicted octanol–water partition coefficient (Wildman–Crippen LogP) is 5.25. The van der Waals surface area contributed by atoms with E-state index in [1.54, 1.807) is 19.1 Å². The van der Waals surface area contributed by atoms with E-state index in [4.69, 9.17) is 0 Å². The number of nitrogens with one attached hydrogen (secondary N) is 2. The standard InChI is InChI=1S/C22H18N4O3S/c1-14-11-12-18(19(13-14)26(28)29)23-21(27)20(15-7-3-2-4-8-15)30-22-24-16-9-5-6-10-17(16)25-22/h2-13,20H,1H3,(H,23,27)(H,24,25). The third kappa shape index (κ3) is 4.18. The summed E-state index contributed by atoms with van der Waals surface area (Å²) >= 11 is 1.26. The molecule has 0 aliphatic rings. The van der Waals surface area contributed by atoms with Crippen LogP contribution in [0.2, 0.25) is 0 Å². The highest BCUT2D eigenvalue weighted by Gasteiger charge is 2.26. The van der Waals surface area contributed by atoms with Gasteiger partial charge in [-0.2, -0.15) is 0 Å². The highest BCUT2D eigenvalue weighted by Crippen LogP contribution is 2.36. The molecule has 0 bridgehead atoms. The van der Waals surface area contributed by atoms with E-state index in [0.29, 0.717) is 5.16 Å². The molecule has 7 nitrogen and oxygen atoms in total. The number of nitro groups is 1. The molecule has 0 spiro atoms. The number of nitro benzene ring substituents is 1. The van der Waals surface area contributed by atoms with Crippen LogP contribution in [0, 0.1) is 17.0 Å². The summed E-state index contributed by atoms with van der Waals surface area (Å²) in [6, 6.07) is 21.6. The van der Waals surface area contributed by atoms with Crippen LogP contribution in [0.1, 0.15) is 16.4 Å². The van der Waals surface area contributed by atoms with Gasteiger partial charge in [-0.3, -0.25) is 14.9 Å². The molecule has 1 atom stereocenters. The number of fused-ring (bicyclic) bond motifs is 1. The van der Waals surface area contributed by atoms with Gasteiger partial charge in [0.25, 0.3) is 5.69 Å². The summed E-state index contributed by atoms with van der Waals surface area (Å²) in [5, 5.41) is 14.1. The number of rotatable bonds is 6. The summed E-state index contributed by atoms with van der Waals surface area (Å²) in [5.74, 6) is -0.362. The number of hydrogen-bond acceptors (Lipinski definition) is 5. The number of nitrogens with zero attached hydrogens (tertiary/aromatic N) is 2. The number of carbonyl (C=O) groups is 1. The van der Waals surface area contributed by atoms with Gasteiger partial charge >= 0.3 is 0 Å². The summed E-state index contributed by atoms with van der Waals surface area (Å²) in [4.78, 5) is 31.9. The summed E-state index contributed by atoms with van der Waals surface area (Å²) in [6.45, 7) is 1.77. The van der Waals surface area contributed by atoms with Gasteiger partial charge in [0, 0.05) is 6.07 Å². The molecule has 0 aliphatic carbocycles. The maximum atomic E-state index is 13.2. The van der Waals surface area contributed by atoms with Gasteiger partial charge < -0.3 is 10.3 Å². The van der Waals surface area contributed by atoms with Crippen molar-refractivity contribution in [2.45, 2.75) is 17.3 Å². The summed E-state index contributed by atoms with van der Waals surface area (Å²) in [5.41, 5.74) is 3.24. The zero-order valence-corrected chi connectivity index (χ0v) is 16.8. The number of para-hydroxylation sites is 2. The Labute approximate surface area is 176 Å². The first-order valence-corrected chi connectivity index (χ1v) is 10.1. The molecule has 3 aromatic carbocycles. The number of amides is 1. The fourth-order valence-electron chi connectivity index (χ4n) is 3.09. The Morgan fingerprint density at radius 1 is 1.10 bits per heavy atom. The van der Waals surface area contributed by atoms with Gasteiger partial charge in [-0.1, -0.05) is 60.3 Å². The molecule has 1 unspecified atom stereocenters. The predicted molar refractivity (Wildman–Crippen MR) is 118 cm³/mol. The first-order chi connectivity index (χ1) is 14.5. The van der Waals surface area contributed by atoms with Crippen molar-refractivity contribution in [1.29, 1.82) is 0 Å². The highest BCUT2D eigenvalue weighted by atomic mass is 32.2. The van der Waals surface area contributed by atoms with Crippen molar-refractivity contribution in [2.24, 2.45) is 0 Å². The normalized spacial score (nSPS) is 11.9. The first kappa shape index (κ1) is 19.7. The molecule has 0 saturated carbocycles. The second-order valence-electron chi connectivity index (χ2n) is 6.73. The first-order valence-electron chi connectivity index (χ1n) is 9.23. The van der Waals surface area contributed by atoms with Crippen LogP contribution >= 0.6 is 11.8 Å². The fraction of sp³-hybridized carbons (Fsp3) is 0.0909. The molecule has 30 heavy (non-hydrogen) atoms. The van der Waals surface area contributed by atoms with Gasteiger partial charge in [0.2, 0.25) is 5.91 Å². The number of aromatic nitrogens is 2. The third-order valence-corrected chi connectivity index (χ3v) is 5.68. The monoisotopic (exact) mass is 418 g/mol. The summed E-state index contributed by atoms with van der Waals surface area (Å²) < 4.78 is 0. The van der Waals surface area contributed by atoms with Gasteiger partial charge in [0.15, 0.2) is 5.16 Å². The van der Waals surface area contributed by atoms with E-state index in [1.165, 1.54) is 17.8 Å². The second kappa shape index (κ2) is 8.38. The van der Waals surface area contributed by atoms with Crippen LogP contribution in [0.5, 0.6) is 0 Å². The molecule has 4 rings (SSSR count). The average molecular weight is 418 g/mol. The lowest BCUT2D eigenvalue weighted by atomic mass is 10.1. The van der Waals surface area contributed by atoms with Crippen LogP contribution in [0.25, 0.3) is 11.0 Å². The van der Waals surface area contributed by atoms with E-state index in [0.717, 1.165) is 22.2 Å². The van der Waals surface area contributed by atoms with Crippen LogP contribution < -0.4 is 5.32 Å². The zero-order valence-electron chi connectivity index (χ0n) is 16.0. The Morgan fingerprint density at radius 3 is 2.57 bits per heavy atom. The zero-order chi connectivity index (χ0) is 21.1. The molecule has 0 fully saturated rings. The highest BCUT2D eigenvalue weighted by molar-refractivity contribution is 8.00. The Bertz CT molecular complexity index is 1190. The molecule has 8 heteroatoms. The summed E-state index contributed by atoms with van der Waals surface area (Å²) in [7, 11) is 0. The van der Waals surface area contributed by atoms with Crippen LogP contribution in [-0.4, -0.2) is 20.8 Å². The SMILES string of the molecule is Cc1ccc(NC(=O)C(Sc2nc3ccccc3[nH]2)c2ccccc2)c([N+](=O)[O-])c1. The number of H-pyrrole nitrogens is 1. The Kier molecular flexibility index (Phi) is 5.49. The van der Waals surface area contributed by atoms with E-state index in [1.807, 2.05) is 54.6 Å². The maximum absolute atomic E-state index is 13.2. The molecule has 1 amide bonds. The minimum absolute atomic E-state index is 0.135. The van der Waals surface area contributed by atoms with E-state index >= 15 is 0 Å². The Balaban J connectivity index is 1.66. The number of imidazole rings is 1. The number of hydrogen-bond donors (Lipinski definition) is 2. The van der Waals surface area contributed by atoms with Gasteiger partial charge in [-0.25, -0.2) is 4.98 Å². The van der Waals surface area contributed by atoms with Crippen molar-refractivity contribution in [3.63, 3.8) is 0 Å². The van der Waals surface area contributed by atoms with Crippen LogP contribution in [0.3, 0.4) is 0 Å². The fourth-order valence-corrected chi connectivity index (χ4v) is 4.10. The van der Waals surface area contributed by atoms with Gasteiger partial charge in [-0.15, -0.1) is 0 Å². The number of aryl methyl sites for hydroxylation is 1. The number of carbonyl (C=O) groups excluding carboxylic acids is 1. The van der Waals surface area contributed by atoms with Crippen molar-refractivity contribution < 1.29 is 9.72 Å². The topological polar surface area (TPSA) is 101 Å². The minimum Gasteiger partial charge on any atom is -0.333 e. The lowest BCUT2D eigenvalue weighted by molar-refractivity contribution is -0.384. The van der Waals surface area contributed by atoms with Crippen molar-refractivity contribution in [3.05, 3.63) is 94.0 Å². The molecule has 2 N–H and O–H groups in total. The van der Waals surface area contributed by atoms with Crippen LogP contribution in [0.15, 0.2) is 78.0 Å². The molecule has 4 aromatic rings. The maximum Gasteiger partial charge on any atom is 0.293 e. The number of aromatic amines is 1. The van der Waals surface area contributed by atoms with Gasteiger partial charge in [0.1, 0.15) is 10.9 Å². The smallest absolute Gasteiger partial charge is 0.293 e. The lowest BCUT2D eigenvalue weighted by Crippen LogP contribution is -2.20. The number of benzene rings is 3. The van der Waals surface area contributed by atoms with Crippen LogP contribution in [0.4, 0.5) is 11.4 Å². The van der Waals surface area contributed by atoms with Crippen molar-refractivity contribution in [2.75, 3.05) is 5.32 Å². The number of thioether (sulfide) groups is 1. The summed E-state index contributed by atoms with van der Waals surface area (Å²) in [6.07, 6.45) is 0. The molecular formula is C22H18N4O3S. The van der Waals surface area contributed by atoms with Crippen molar-refractivity contribution >= 4 is 40.1 Å². The molecule has 0 saturated heterocycles. The molecule has 1 heterocycles. The van der Waals surface area contributed by atoms with E-state index in [9.17, 15) is 14.9 Å². The van der Waals surface area contributed by atoms with Gasteiger partial charge in [0.05, 0.1) is 16.0 Å². The molecule has 0 aliphatic heterocycles. The average Bonchev–Trinajstić information content (AvgIpc) is 3.16. The molecule has 150 valence electrons. The third-order valence-electron chi connectivity index (χ3n) is 4.55. The Hall–Kier alpha value is -3.65. The van der Waals surface area contributed by atoms with E-state index in [-0.39, 0.29) is 17.3 Å². The quantitative estimate of drug-likeness (QED) is 0.253. The van der Waals surface area contributed by atoms with Crippen molar-refractivity contribution in [1.82, 2.24) is 9.97 Å². The van der Waals surface area contributed by atoms with Gasteiger partial charge in [-0.05, 0) is 36.2 Å². The Morgan fingerprint density at radius 2 is 1.83 bits per heavy atom.